The van der Waals surface area contributed by atoms with E-state index >= 15 is 0 Å². The monoisotopic (exact) mass is 548 g/mol. The van der Waals surface area contributed by atoms with Gasteiger partial charge in [-0.1, -0.05) is 30.3 Å². The first kappa shape index (κ1) is 27.8. The molecule has 40 heavy (non-hydrogen) atoms. The molecule has 2 aromatic carbocycles. The summed E-state index contributed by atoms with van der Waals surface area (Å²) in [7, 11) is 1.36. The van der Waals surface area contributed by atoms with Crippen LogP contribution in [0.25, 0.3) is 0 Å². The van der Waals surface area contributed by atoms with Gasteiger partial charge in [-0.2, -0.15) is 0 Å². The maximum absolute atomic E-state index is 13.5. The minimum absolute atomic E-state index is 0.0337. The summed E-state index contributed by atoms with van der Waals surface area (Å²) in [6.07, 6.45) is 0. The van der Waals surface area contributed by atoms with Crippen molar-refractivity contribution in [1.82, 2.24) is 30.4 Å². The molecule has 0 aliphatic carbocycles. The minimum Gasteiger partial charge on any atom is -0.417 e. The summed E-state index contributed by atoms with van der Waals surface area (Å²) in [6, 6.07) is 13.3. The third kappa shape index (κ3) is 6.09. The third-order valence-corrected chi connectivity index (χ3v) is 5.74. The van der Waals surface area contributed by atoms with Crippen molar-refractivity contribution >= 4 is 17.8 Å². The lowest BCUT2D eigenvalue weighted by atomic mass is 10.0. The Balaban J connectivity index is 1.72. The van der Waals surface area contributed by atoms with E-state index in [1.54, 1.807) is 32.0 Å². The van der Waals surface area contributed by atoms with Gasteiger partial charge in [-0.15, -0.1) is 10.2 Å². The Labute approximate surface area is 227 Å². The Morgan fingerprint density at radius 3 is 2.33 bits per heavy atom. The fourth-order valence-corrected chi connectivity index (χ4v) is 3.76. The van der Waals surface area contributed by atoms with Crippen LogP contribution in [0.15, 0.2) is 63.8 Å². The molecular weight excluding hydrogens is 523 g/mol. The average molecular weight is 549 g/mol. The number of hydrogen-bond donors (Lipinski definition) is 2. The first-order valence-electron chi connectivity index (χ1n) is 12.0. The van der Waals surface area contributed by atoms with Crippen molar-refractivity contribution in [1.29, 1.82) is 0 Å². The molecule has 0 unspecified atom stereocenters. The van der Waals surface area contributed by atoms with Crippen LogP contribution in [0.4, 0.5) is 4.39 Å². The number of benzene rings is 2. The number of aryl methyl sites for hydroxylation is 1. The lowest BCUT2D eigenvalue weighted by Crippen LogP contribution is -2.46. The van der Waals surface area contributed by atoms with Crippen LogP contribution in [-0.4, -0.2) is 37.5 Å². The summed E-state index contributed by atoms with van der Waals surface area (Å²) in [5.41, 5.74) is -1.96. The summed E-state index contributed by atoms with van der Waals surface area (Å²) in [5.74, 6) is -3.66. The zero-order valence-corrected chi connectivity index (χ0v) is 22.0. The van der Waals surface area contributed by atoms with Crippen LogP contribution < -0.4 is 20.9 Å². The molecule has 0 radical (unpaired) electrons. The molecule has 2 aromatic heterocycles. The predicted octanol–water partition coefficient (Wildman–Crippen LogP) is 2.43. The Morgan fingerprint density at radius 2 is 1.70 bits per heavy atom. The van der Waals surface area contributed by atoms with Gasteiger partial charge in [0.2, 0.25) is 11.6 Å². The molecule has 2 N–H and O–H groups in total. The second-order valence-electron chi connectivity index (χ2n) is 9.25. The van der Waals surface area contributed by atoms with Crippen molar-refractivity contribution in [3.63, 3.8) is 0 Å². The molecule has 0 aliphatic heterocycles. The van der Waals surface area contributed by atoms with Gasteiger partial charge in [-0.05, 0) is 43.7 Å². The molecule has 0 aliphatic rings. The van der Waals surface area contributed by atoms with E-state index in [0.29, 0.717) is 5.56 Å². The molecule has 2 amide bonds. The Hall–Kier alpha value is -5.20. The maximum atomic E-state index is 13.5. The number of amides is 2. The zero-order valence-electron chi connectivity index (χ0n) is 22.0. The van der Waals surface area contributed by atoms with Gasteiger partial charge in [0.1, 0.15) is 11.6 Å². The lowest BCUT2D eigenvalue weighted by Gasteiger charge is -2.27. The maximum Gasteiger partial charge on any atom is 0.343 e. The molecule has 0 spiro atoms. The molecule has 0 atom stereocenters. The van der Waals surface area contributed by atoms with Gasteiger partial charge >= 0.3 is 17.8 Å². The van der Waals surface area contributed by atoms with Gasteiger partial charge < -0.3 is 19.8 Å². The molecule has 12 nitrogen and oxygen atoms in total. The molecule has 206 valence electrons. The SMILES string of the molecule is Cc1nnc(C(=O)NC(C)(C)c2nc(C(=O)NCc3ccc(F)cc3)c(OC(=O)c3ccccc3)c(=O)n2C)o1. The Morgan fingerprint density at radius 1 is 1.02 bits per heavy atom. The smallest absolute Gasteiger partial charge is 0.343 e. The summed E-state index contributed by atoms with van der Waals surface area (Å²) in [6.45, 7) is 4.58. The van der Waals surface area contributed by atoms with Crippen LogP contribution in [0.5, 0.6) is 5.75 Å². The molecule has 2 heterocycles. The summed E-state index contributed by atoms with van der Waals surface area (Å²) in [5, 5.41) is 12.6. The van der Waals surface area contributed by atoms with Crippen molar-refractivity contribution in [2.45, 2.75) is 32.9 Å². The van der Waals surface area contributed by atoms with Gasteiger partial charge in [-0.25, -0.2) is 14.2 Å². The highest BCUT2D eigenvalue weighted by molar-refractivity contribution is 5.97. The number of halogens is 1. The molecule has 0 saturated carbocycles. The number of rotatable bonds is 8. The van der Waals surface area contributed by atoms with E-state index in [1.807, 2.05) is 0 Å². The quantitative estimate of drug-likeness (QED) is 0.315. The highest BCUT2D eigenvalue weighted by atomic mass is 19.1. The number of carbonyl (C=O) groups is 3. The van der Waals surface area contributed by atoms with Crippen LogP contribution in [-0.2, 0) is 19.1 Å². The first-order chi connectivity index (χ1) is 19.0. The summed E-state index contributed by atoms with van der Waals surface area (Å²) >= 11 is 0. The van der Waals surface area contributed by atoms with E-state index in [1.165, 1.54) is 50.4 Å². The number of nitrogens with one attached hydrogen (secondary N) is 2. The van der Waals surface area contributed by atoms with Crippen LogP contribution in [0.2, 0.25) is 0 Å². The number of aromatic nitrogens is 4. The topological polar surface area (TPSA) is 158 Å². The first-order valence-corrected chi connectivity index (χ1v) is 12.0. The number of nitrogens with zero attached hydrogens (tertiary/aromatic N) is 4. The second kappa shape index (κ2) is 11.3. The molecule has 4 aromatic rings. The van der Waals surface area contributed by atoms with Crippen molar-refractivity contribution in [3.8, 4) is 5.75 Å². The van der Waals surface area contributed by atoms with E-state index in [9.17, 15) is 23.6 Å². The van der Waals surface area contributed by atoms with Gasteiger partial charge in [-0.3, -0.25) is 19.0 Å². The summed E-state index contributed by atoms with van der Waals surface area (Å²) in [4.78, 5) is 56.7. The fourth-order valence-electron chi connectivity index (χ4n) is 3.76. The average Bonchev–Trinajstić information content (AvgIpc) is 3.37. The number of ether oxygens (including phenoxy) is 1. The molecule has 13 heteroatoms. The molecule has 4 rings (SSSR count). The van der Waals surface area contributed by atoms with E-state index < -0.39 is 46.1 Å². The van der Waals surface area contributed by atoms with Crippen molar-refractivity contribution in [3.05, 3.63) is 105 Å². The van der Waals surface area contributed by atoms with Gasteiger partial charge in [0.15, 0.2) is 5.69 Å². The highest BCUT2D eigenvalue weighted by Crippen LogP contribution is 2.22. The lowest BCUT2D eigenvalue weighted by molar-refractivity contribution is 0.0726. The van der Waals surface area contributed by atoms with Crippen LogP contribution in [0.3, 0.4) is 0 Å². The molecule has 0 saturated heterocycles. The van der Waals surface area contributed by atoms with Crippen molar-refractivity contribution in [2.24, 2.45) is 7.05 Å². The van der Waals surface area contributed by atoms with E-state index in [-0.39, 0.29) is 29.7 Å². The van der Waals surface area contributed by atoms with Crippen LogP contribution >= 0.6 is 0 Å². The van der Waals surface area contributed by atoms with E-state index in [4.69, 9.17) is 9.15 Å². The molecule has 0 bridgehead atoms. The fraction of sp³-hybridized carbons (Fsp3) is 0.222. The number of esters is 1. The third-order valence-electron chi connectivity index (χ3n) is 5.74. The van der Waals surface area contributed by atoms with Crippen LogP contribution in [0, 0.1) is 12.7 Å². The second-order valence-corrected chi connectivity index (χ2v) is 9.25. The Kier molecular flexibility index (Phi) is 7.84. The van der Waals surface area contributed by atoms with E-state index in [2.05, 4.69) is 25.8 Å². The van der Waals surface area contributed by atoms with Crippen molar-refractivity contribution in [2.75, 3.05) is 0 Å². The van der Waals surface area contributed by atoms with Crippen LogP contribution in [0.1, 0.15) is 62.7 Å². The normalized spacial score (nSPS) is 11.1. The largest absolute Gasteiger partial charge is 0.417 e. The molecule has 0 fully saturated rings. The Bertz CT molecular complexity index is 1630. The standard InChI is InChI=1S/C27H25FN6O6/c1-15-32-33-23(39-15)22(36)31-27(2,3)26-30-19(21(35)29-14-16-10-12-18(28)13-11-16)20(24(37)34(26)4)40-25(38)17-8-6-5-7-9-17/h5-13H,14H2,1-4H3,(H,29,35)(H,31,36). The number of carbonyl (C=O) groups excluding carboxylic acids is 3. The number of hydrogen-bond acceptors (Lipinski definition) is 9. The van der Waals surface area contributed by atoms with Gasteiger partial charge in [0, 0.05) is 20.5 Å². The highest BCUT2D eigenvalue weighted by Gasteiger charge is 2.34. The molecular formula is C27H25FN6O6. The van der Waals surface area contributed by atoms with Gasteiger partial charge in [0.05, 0.1) is 11.1 Å². The van der Waals surface area contributed by atoms with Gasteiger partial charge in [0.25, 0.3) is 11.5 Å². The zero-order chi connectivity index (χ0) is 29.0. The summed E-state index contributed by atoms with van der Waals surface area (Å²) < 4.78 is 24.9. The minimum atomic E-state index is -1.35. The van der Waals surface area contributed by atoms with E-state index in [0.717, 1.165) is 4.57 Å². The predicted molar refractivity (Wildman–Crippen MR) is 138 cm³/mol. The van der Waals surface area contributed by atoms with Crippen molar-refractivity contribution < 1.29 is 27.9 Å².